The Morgan fingerprint density at radius 2 is 1.39 bits per heavy atom. The molecule has 6 rings (SSSR count). The zero-order chi connectivity index (χ0) is 38.9. The van der Waals surface area contributed by atoms with Crippen LogP contribution in [0.5, 0.6) is 0 Å². The van der Waals surface area contributed by atoms with Gasteiger partial charge in [-0.25, -0.2) is 0 Å². The van der Waals surface area contributed by atoms with E-state index >= 15 is 0 Å². The van der Waals surface area contributed by atoms with Gasteiger partial charge in [0.05, 0.1) is 17.6 Å². The van der Waals surface area contributed by atoms with Crippen molar-refractivity contribution >= 4 is 48.1 Å². The molecule has 5 heteroatoms. The average molecular weight is 923 g/mol. The molecule has 1 radical (unpaired) electrons. The van der Waals surface area contributed by atoms with Crippen molar-refractivity contribution in [1.82, 2.24) is 0 Å². The van der Waals surface area contributed by atoms with E-state index in [1.165, 1.54) is 85.1 Å². The first-order valence-electron chi connectivity index (χ1n) is 20.0. The SMILES string of the molecule is CC(C)C(C(=O)/C=C(\O)C(C(C)C)C(C)C)C(C)C.[CH2-]c1c(-c2c3sc4cc(C5CCCC5)ccc4c3cc[n+]2[CH2-])cc(C(C)(C)C)c2ccccc12.[Ir]. The first-order valence-corrected chi connectivity index (χ1v) is 20.8. The van der Waals surface area contributed by atoms with Crippen molar-refractivity contribution in [2.75, 3.05) is 0 Å². The van der Waals surface area contributed by atoms with Gasteiger partial charge in [-0.05, 0) is 76.3 Å². The molecule has 1 aliphatic rings. The number of fused-ring (bicyclic) bond motifs is 4. The van der Waals surface area contributed by atoms with Gasteiger partial charge < -0.3 is 9.67 Å². The predicted octanol–water partition coefficient (Wildman–Crippen LogP) is 13.8. The van der Waals surface area contributed by atoms with Crippen molar-refractivity contribution in [1.29, 1.82) is 0 Å². The molecule has 0 spiro atoms. The fraction of sp³-hybridized carbons (Fsp3) is 0.469. The van der Waals surface area contributed by atoms with E-state index in [-0.39, 0.29) is 48.9 Å². The number of rotatable bonds is 9. The Bertz CT molecular complexity index is 2090. The van der Waals surface area contributed by atoms with E-state index in [1.54, 1.807) is 0 Å². The van der Waals surface area contributed by atoms with Crippen molar-refractivity contribution in [3.05, 3.63) is 103 Å². The van der Waals surface area contributed by atoms with E-state index < -0.39 is 0 Å². The second-order valence-corrected chi connectivity index (χ2v) is 19.0. The standard InChI is InChI=1S/C32H32NS.C17H32O2.Ir/c1-20-23-12-8-9-13-24(23)28(32(2,3)4)19-27(20)30-31-26(16-17-33(30)5)25-15-14-22(18-29(25)34-31)21-10-6-7-11-21;1-10(2)16(11(3)4)14(18)9-15(19)17(12(5)6)13(7)8;/h8-9,12-19,21H,1,5-7,10-11H2,2-4H3;9-13,16-18H,1-8H3;/q-1;;/b;14-9-;. The summed E-state index contributed by atoms with van der Waals surface area (Å²) in [6.07, 6.45) is 8.99. The fourth-order valence-electron chi connectivity index (χ4n) is 9.12. The molecule has 0 saturated heterocycles. The van der Waals surface area contributed by atoms with Crippen LogP contribution in [-0.4, -0.2) is 10.9 Å². The van der Waals surface area contributed by atoms with Gasteiger partial charge in [-0.1, -0.05) is 130 Å². The van der Waals surface area contributed by atoms with Gasteiger partial charge in [-0.15, -0.1) is 34.4 Å². The molecule has 1 aliphatic carbocycles. The summed E-state index contributed by atoms with van der Waals surface area (Å²) < 4.78 is 4.73. The third kappa shape index (κ3) is 9.12. The number of thiophene rings is 1. The van der Waals surface area contributed by atoms with E-state index in [1.807, 2.05) is 15.9 Å². The third-order valence-electron chi connectivity index (χ3n) is 11.6. The van der Waals surface area contributed by atoms with Crippen LogP contribution in [0.3, 0.4) is 0 Å². The van der Waals surface area contributed by atoms with Crippen LogP contribution in [0.25, 0.3) is 42.2 Å². The zero-order valence-electron chi connectivity index (χ0n) is 34.7. The second-order valence-electron chi connectivity index (χ2n) is 18.0. The van der Waals surface area contributed by atoms with Crippen LogP contribution in [-0.2, 0) is 30.3 Å². The van der Waals surface area contributed by atoms with Crippen LogP contribution < -0.4 is 4.57 Å². The summed E-state index contributed by atoms with van der Waals surface area (Å²) in [5.41, 5.74) is 6.33. The number of aromatic nitrogens is 1. The normalized spacial score (nSPS) is 14.4. The number of hydrogen-bond acceptors (Lipinski definition) is 3. The molecule has 0 aliphatic heterocycles. The summed E-state index contributed by atoms with van der Waals surface area (Å²) in [7, 11) is 4.41. The third-order valence-corrected chi connectivity index (χ3v) is 12.7. The van der Waals surface area contributed by atoms with E-state index in [9.17, 15) is 9.90 Å². The smallest absolute Gasteiger partial charge is 0.162 e. The Balaban J connectivity index is 0.000000281. The molecular weight excluding hydrogens is 859 g/mol. The first-order chi connectivity index (χ1) is 24.9. The number of allylic oxidation sites excluding steroid dienone is 2. The summed E-state index contributed by atoms with van der Waals surface area (Å²) in [4.78, 5) is 12.3. The van der Waals surface area contributed by atoms with Crippen molar-refractivity contribution < 1.29 is 34.6 Å². The first kappa shape index (κ1) is 43.6. The van der Waals surface area contributed by atoms with Crippen LogP contribution in [0.1, 0.15) is 124 Å². The molecule has 1 saturated carbocycles. The molecule has 1 fully saturated rings. The molecule has 0 amide bonds. The number of aliphatic hydroxyl groups excluding tert-OH is 1. The monoisotopic (exact) mass is 923 g/mol. The molecule has 0 bridgehead atoms. The maximum absolute atomic E-state index is 12.3. The zero-order valence-corrected chi connectivity index (χ0v) is 37.9. The topological polar surface area (TPSA) is 41.2 Å². The van der Waals surface area contributed by atoms with Crippen LogP contribution >= 0.6 is 11.3 Å². The average Bonchev–Trinajstić information content (AvgIpc) is 3.73. The van der Waals surface area contributed by atoms with Crippen LogP contribution in [0.2, 0.25) is 0 Å². The van der Waals surface area contributed by atoms with E-state index in [0.717, 1.165) is 11.5 Å². The Kier molecular flexibility index (Phi) is 14.4. The number of nitrogens with zero attached hydrogens (tertiary/aromatic N) is 1. The van der Waals surface area contributed by atoms with Gasteiger partial charge >= 0.3 is 0 Å². The molecular formula is C49H64IrNO2S-. The van der Waals surface area contributed by atoms with Gasteiger partial charge in [0.25, 0.3) is 0 Å². The van der Waals surface area contributed by atoms with E-state index in [0.29, 0.717) is 23.7 Å². The molecule has 1 N–H and O–H groups in total. The minimum absolute atomic E-state index is 0. The molecule has 293 valence electrons. The number of hydrogen-bond donors (Lipinski definition) is 1. The molecule has 54 heavy (non-hydrogen) atoms. The Labute approximate surface area is 344 Å². The Morgan fingerprint density at radius 1 is 0.815 bits per heavy atom. The molecule has 0 unspecified atom stereocenters. The number of carbonyl (C=O) groups is 1. The van der Waals surface area contributed by atoms with E-state index in [4.69, 9.17) is 0 Å². The molecule has 5 aromatic rings. The summed E-state index contributed by atoms with van der Waals surface area (Å²) >= 11 is 1.91. The molecule has 2 heterocycles. The summed E-state index contributed by atoms with van der Waals surface area (Å²) in [5, 5.41) is 15.5. The number of benzene rings is 3. The number of ketones is 1. The van der Waals surface area contributed by atoms with Gasteiger partial charge in [0.1, 0.15) is 0 Å². The van der Waals surface area contributed by atoms with Gasteiger partial charge in [0.2, 0.25) is 0 Å². The Hall–Kier alpha value is -3.11. The maximum Gasteiger partial charge on any atom is 0.162 e. The van der Waals surface area contributed by atoms with Crippen LogP contribution in [0.15, 0.2) is 72.6 Å². The minimum atomic E-state index is -0.0119. The summed E-state index contributed by atoms with van der Waals surface area (Å²) in [6.45, 7) is 28.1. The molecule has 0 atom stereocenters. The molecule has 2 aromatic heterocycles. The number of aliphatic hydroxyl groups is 1. The van der Waals surface area contributed by atoms with Crippen molar-refractivity contribution in [2.24, 2.45) is 35.5 Å². The van der Waals surface area contributed by atoms with Crippen molar-refractivity contribution in [2.45, 2.75) is 113 Å². The Morgan fingerprint density at radius 3 is 1.94 bits per heavy atom. The second kappa shape index (κ2) is 17.8. The van der Waals surface area contributed by atoms with Gasteiger partial charge in [0, 0.05) is 54.5 Å². The molecule has 3 nitrogen and oxygen atoms in total. The minimum Gasteiger partial charge on any atom is -0.512 e. The predicted molar refractivity (Wildman–Crippen MR) is 230 cm³/mol. The van der Waals surface area contributed by atoms with Gasteiger partial charge in [-0.2, -0.15) is 12.5 Å². The van der Waals surface area contributed by atoms with Gasteiger partial charge in [0.15, 0.2) is 5.78 Å². The summed E-state index contributed by atoms with van der Waals surface area (Å²) in [6, 6.07) is 20.5. The maximum atomic E-state index is 12.3. The fourth-order valence-corrected chi connectivity index (χ4v) is 10.4. The van der Waals surface area contributed by atoms with Gasteiger partial charge in [-0.3, -0.25) is 4.79 Å². The van der Waals surface area contributed by atoms with Crippen molar-refractivity contribution in [3.8, 4) is 11.3 Å². The van der Waals surface area contributed by atoms with E-state index in [2.05, 4.69) is 151 Å². The van der Waals surface area contributed by atoms with Crippen molar-refractivity contribution in [3.63, 3.8) is 0 Å². The number of carbonyl (C=O) groups excluding carboxylic acids is 1. The van der Waals surface area contributed by atoms with Crippen LogP contribution in [0, 0.1) is 49.5 Å². The largest absolute Gasteiger partial charge is 0.512 e. The van der Waals surface area contributed by atoms with Crippen LogP contribution in [0.4, 0.5) is 0 Å². The summed E-state index contributed by atoms with van der Waals surface area (Å²) in [5.74, 6) is 2.36. The molecule has 3 aromatic carbocycles. The number of pyridine rings is 1. The quantitative estimate of drug-likeness (QED) is 0.0693.